The van der Waals surface area contributed by atoms with Crippen LogP contribution in [0, 0.1) is 0 Å². The monoisotopic (exact) mass is 320 g/mol. The molecule has 1 aliphatic rings. The minimum atomic E-state index is -4.40. The zero-order valence-electron chi connectivity index (χ0n) is 12.2. The molecule has 6 heteroatoms. The van der Waals surface area contributed by atoms with Gasteiger partial charge in [-0.05, 0) is 31.5 Å². The van der Waals surface area contributed by atoms with Crippen molar-refractivity contribution in [3.8, 4) is 0 Å². The van der Waals surface area contributed by atoms with Crippen LogP contribution in [-0.4, -0.2) is 25.2 Å². The molecule has 0 aromatic heterocycles. The summed E-state index contributed by atoms with van der Waals surface area (Å²) in [6.45, 7) is 5.28. The Morgan fingerprint density at radius 3 is 2.71 bits per heavy atom. The van der Waals surface area contributed by atoms with Crippen LogP contribution in [0.4, 0.5) is 18.9 Å². The van der Waals surface area contributed by atoms with Crippen LogP contribution in [0.3, 0.4) is 0 Å². The van der Waals surface area contributed by atoms with E-state index >= 15 is 0 Å². The van der Waals surface area contributed by atoms with Crippen LogP contribution in [-0.2, 0) is 6.18 Å². The Balaban J connectivity index is 2.35. The Morgan fingerprint density at radius 2 is 2.10 bits per heavy atom. The number of rotatable bonds is 3. The fraction of sp³-hybridized carbons (Fsp3) is 0.600. The average Bonchev–Trinajstić information content (AvgIpc) is 2.40. The summed E-state index contributed by atoms with van der Waals surface area (Å²) in [7, 11) is 0. The molecule has 2 nitrogen and oxygen atoms in total. The summed E-state index contributed by atoms with van der Waals surface area (Å²) in [5.41, 5.74) is -0.430. The number of halogens is 4. The number of alkyl halides is 3. The maximum Gasteiger partial charge on any atom is 0.418 e. The summed E-state index contributed by atoms with van der Waals surface area (Å²) < 4.78 is 39.8. The lowest BCUT2D eigenvalue weighted by Gasteiger charge is -2.41. The first-order chi connectivity index (χ1) is 9.82. The predicted molar refractivity (Wildman–Crippen MR) is 80.0 cm³/mol. The van der Waals surface area contributed by atoms with Gasteiger partial charge in [-0.25, -0.2) is 0 Å². The lowest BCUT2D eigenvalue weighted by molar-refractivity contribution is -0.137. The van der Waals surface area contributed by atoms with Gasteiger partial charge in [-0.15, -0.1) is 0 Å². The lowest BCUT2D eigenvalue weighted by Crippen LogP contribution is -2.55. The van der Waals surface area contributed by atoms with Gasteiger partial charge in [0, 0.05) is 35.9 Å². The van der Waals surface area contributed by atoms with Crippen LogP contribution >= 0.6 is 11.6 Å². The van der Waals surface area contributed by atoms with Gasteiger partial charge in [-0.3, -0.25) is 0 Å². The van der Waals surface area contributed by atoms with Crippen molar-refractivity contribution in [2.75, 3.05) is 18.0 Å². The van der Waals surface area contributed by atoms with Gasteiger partial charge in [0.1, 0.15) is 0 Å². The van der Waals surface area contributed by atoms with Crippen molar-refractivity contribution >= 4 is 17.3 Å². The molecule has 1 N–H and O–H groups in total. The summed E-state index contributed by atoms with van der Waals surface area (Å²) in [6, 6.07) is 4.26. The van der Waals surface area contributed by atoms with Gasteiger partial charge in [-0.2, -0.15) is 13.2 Å². The van der Waals surface area contributed by atoms with Crippen molar-refractivity contribution in [1.29, 1.82) is 0 Å². The third-order valence-corrected chi connectivity index (χ3v) is 4.10. The van der Waals surface area contributed by atoms with Crippen LogP contribution < -0.4 is 10.2 Å². The Kier molecular flexibility index (Phi) is 5.04. The number of anilines is 1. The van der Waals surface area contributed by atoms with Gasteiger partial charge in [0.2, 0.25) is 0 Å². The molecule has 0 aliphatic carbocycles. The fourth-order valence-electron chi connectivity index (χ4n) is 2.79. The van der Waals surface area contributed by atoms with Gasteiger partial charge in [0.05, 0.1) is 5.56 Å². The molecular weight excluding hydrogens is 301 g/mol. The standard InChI is InChI=1S/C15H20ClF3N2/c1-3-4-12-9-21(10(2)8-20-12)14-6-5-11(16)7-13(14)15(17,18)19/h5-7,10,12,20H,3-4,8-9H2,1-2H3. The van der Waals surface area contributed by atoms with Crippen molar-refractivity contribution in [2.45, 2.75) is 44.9 Å². The topological polar surface area (TPSA) is 15.3 Å². The van der Waals surface area contributed by atoms with Crippen molar-refractivity contribution in [3.05, 3.63) is 28.8 Å². The van der Waals surface area contributed by atoms with E-state index in [2.05, 4.69) is 12.2 Å². The number of piperazine rings is 1. The highest BCUT2D eigenvalue weighted by atomic mass is 35.5. The highest BCUT2D eigenvalue weighted by molar-refractivity contribution is 6.30. The first-order valence-electron chi connectivity index (χ1n) is 7.19. The van der Waals surface area contributed by atoms with Crippen LogP contribution in [0.15, 0.2) is 18.2 Å². The molecule has 2 atom stereocenters. The first kappa shape index (κ1) is 16.4. The molecule has 0 spiro atoms. The number of benzene rings is 1. The Hall–Kier alpha value is -0.940. The first-order valence-corrected chi connectivity index (χ1v) is 7.57. The van der Waals surface area contributed by atoms with E-state index in [-0.39, 0.29) is 22.8 Å². The van der Waals surface area contributed by atoms with Crippen LogP contribution in [0.1, 0.15) is 32.3 Å². The van der Waals surface area contributed by atoms with E-state index in [4.69, 9.17) is 11.6 Å². The molecule has 2 unspecified atom stereocenters. The van der Waals surface area contributed by atoms with Gasteiger partial charge in [0.25, 0.3) is 0 Å². The fourth-order valence-corrected chi connectivity index (χ4v) is 2.96. The van der Waals surface area contributed by atoms with Crippen LogP contribution in [0.5, 0.6) is 0 Å². The van der Waals surface area contributed by atoms with E-state index in [1.54, 1.807) is 0 Å². The minimum Gasteiger partial charge on any atom is -0.365 e. The Labute approximate surface area is 128 Å². The summed E-state index contributed by atoms with van der Waals surface area (Å²) >= 11 is 5.75. The van der Waals surface area contributed by atoms with Crippen LogP contribution in [0.2, 0.25) is 5.02 Å². The van der Waals surface area contributed by atoms with E-state index < -0.39 is 11.7 Å². The van der Waals surface area contributed by atoms with Gasteiger partial charge in [0.15, 0.2) is 0 Å². The molecule has 118 valence electrons. The molecule has 1 saturated heterocycles. The van der Waals surface area contributed by atoms with E-state index in [0.29, 0.717) is 13.1 Å². The maximum absolute atomic E-state index is 13.3. The number of hydrogen-bond donors (Lipinski definition) is 1. The van der Waals surface area contributed by atoms with Gasteiger partial charge < -0.3 is 10.2 Å². The summed E-state index contributed by atoms with van der Waals surface area (Å²) in [4.78, 5) is 1.84. The lowest BCUT2D eigenvalue weighted by atomic mass is 10.0. The molecule has 2 rings (SSSR count). The second-order valence-corrected chi connectivity index (χ2v) is 5.99. The molecule has 1 heterocycles. The zero-order chi connectivity index (χ0) is 15.6. The molecule has 0 saturated carbocycles. The molecule has 1 aromatic carbocycles. The van der Waals surface area contributed by atoms with Crippen molar-refractivity contribution in [1.82, 2.24) is 5.32 Å². The third-order valence-electron chi connectivity index (χ3n) is 3.86. The van der Waals surface area contributed by atoms with E-state index in [1.165, 1.54) is 12.1 Å². The number of hydrogen-bond acceptors (Lipinski definition) is 2. The van der Waals surface area contributed by atoms with Gasteiger partial charge in [-0.1, -0.05) is 24.9 Å². The highest BCUT2D eigenvalue weighted by Crippen LogP contribution is 2.39. The molecule has 0 bridgehead atoms. The molecule has 0 amide bonds. The molecule has 1 aromatic rings. The second kappa shape index (κ2) is 6.44. The molecule has 0 radical (unpaired) electrons. The van der Waals surface area contributed by atoms with Crippen molar-refractivity contribution < 1.29 is 13.2 Å². The predicted octanol–water partition coefficient (Wildman–Crippen LogP) is 4.33. The normalized spacial score (nSPS) is 23.4. The molecule has 1 aliphatic heterocycles. The van der Waals surface area contributed by atoms with E-state index in [1.807, 2.05) is 11.8 Å². The van der Waals surface area contributed by atoms with Crippen molar-refractivity contribution in [3.63, 3.8) is 0 Å². The smallest absolute Gasteiger partial charge is 0.365 e. The Morgan fingerprint density at radius 1 is 1.38 bits per heavy atom. The molecular formula is C15H20ClF3N2. The minimum absolute atomic E-state index is 0.0142. The highest BCUT2D eigenvalue weighted by Gasteiger charge is 2.37. The quantitative estimate of drug-likeness (QED) is 0.892. The zero-order valence-corrected chi connectivity index (χ0v) is 12.9. The number of nitrogens with one attached hydrogen (secondary N) is 1. The molecule has 21 heavy (non-hydrogen) atoms. The third kappa shape index (κ3) is 3.83. The second-order valence-electron chi connectivity index (χ2n) is 5.55. The van der Waals surface area contributed by atoms with Crippen LogP contribution in [0.25, 0.3) is 0 Å². The number of nitrogens with zero attached hydrogens (tertiary/aromatic N) is 1. The van der Waals surface area contributed by atoms with Crippen molar-refractivity contribution in [2.24, 2.45) is 0 Å². The summed E-state index contributed by atoms with van der Waals surface area (Å²) in [5.74, 6) is 0. The maximum atomic E-state index is 13.3. The average molecular weight is 321 g/mol. The SMILES string of the molecule is CCCC1CN(c2ccc(Cl)cc2C(F)(F)F)C(C)CN1. The van der Waals surface area contributed by atoms with E-state index in [0.717, 1.165) is 18.9 Å². The van der Waals surface area contributed by atoms with Gasteiger partial charge >= 0.3 is 6.18 Å². The summed E-state index contributed by atoms with van der Waals surface area (Å²) in [5, 5.41) is 3.50. The largest absolute Gasteiger partial charge is 0.418 e. The summed E-state index contributed by atoms with van der Waals surface area (Å²) in [6.07, 6.45) is -2.43. The van der Waals surface area contributed by atoms with E-state index in [9.17, 15) is 13.2 Å². The Bertz CT molecular complexity index is 490. The molecule has 1 fully saturated rings.